The summed E-state index contributed by atoms with van der Waals surface area (Å²) in [5.74, 6) is 0. The van der Waals surface area contributed by atoms with Crippen LogP contribution in [0.3, 0.4) is 0 Å². The van der Waals surface area contributed by atoms with Crippen molar-refractivity contribution in [2.24, 2.45) is 0 Å². The summed E-state index contributed by atoms with van der Waals surface area (Å²) in [7, 11) is 0. The summed E-state index contributed by atoms with van der Waals surface area (Å²) in [6.07, 6.45) is 6.78. The van der Waals surface area contributed by atoms with Crippen molar-refractivity contribution < 1.29 is 4.79 Å². The summed E-state index contributed by atoms with van der Waals surface area (Å²) in [5.41, 5.74) is 1.23. The third-order valence-electron chi connectivity index (χ3n) is 2.54. The van der Waals surface area contributed by atoms with Crippen molar-refractivity contribution in [1.29, 1.82) is 0 Å². The quantitative estimate of drug-likeness (QED) is 0.546. The predicted octanol–water partition coefficient (Wildman–Crippen LogP) is 0.183. The number of piperazine rings is 1. The Hall–Kier alpha value is -0.830. The fourth-order valence-corrected chi connectivity index (χ4v) is 1.87. The van der Waals surface area contributed by atoms with Crippen LogP contribution in [-0.2, 0) is 4.79 Å². The standard InChI is InChI=1S/C9H14N2O/c12-6-7-5-10-8-3-1-2-4-9(8)11-7/h4,6-8,10-11H,1-3,5H2. The number of allylic oxidation sites excluding steroid dienone is 1. The van der Waals surface area contributed by atoms with Gasteiger partial charge in [0, 0.05) is 18.3 Å². The van der Waals surface area contributed by atoms with Gasteiger partial charge >= 0.3 is 0 Å². The maximum absolute atomic E-state index is 10.5. The fourth-order valence-electron chi connectivity index (χ4n) is 1.87. The number of rotatable bonds is 1. The summed E-state index contributed by atoms with van der Waals surface area (Å²) in [5, 5.41) is 6.60. The van der Waals surface area contributed by atoms with E-state index in [1.54, 1.807) is 0 Å². The van der Waals surface area contributed by atoms with E-state index < -0.39 is 0 Å². The van der Waals surface area contributed by atoms with Crippen molar-refractivity contribution in [2.45, 2.75) is 31.3 Å². The third-order valence-corrected chi connectivity index (χ3v) is 2.54. The van der Waals surface area contributed by atoms with Gasteiger partial charge in [0.2, 0.25) is 0 Å². The average Bonchev–Trinajstić information content (AvgIpc) is 2.17. The Morgan fingerprint density at radius 2 is 2.50 bits per heavy atom. The van der Waals surface area contributed by atoms with Crippen molar-refractivity contribution in [2.75, 3.05) is 6.54 Å². The first-order chi connectivity index (χ1) is 5.90. The molecular weight excluding hydrogens is 152 g/mol. The number of nitrogens with one attached hydrogen (secondary N) is 2. The van der Waals surface area contributed by atoms with Gasteiger partial charge in [-0.15, -0.1) is 0 Å². The number of carbonyl (C=O) groups excluding carboxylic acids is 1. The molecule has 0 amide bonds. The Bertz CT molecular complexity index is 213. The molecule has 3 nitrogen and oxygen atoms in total. The van der Waals surface area contributed by atoms with Gasteiger partial charge in [-0.1, -0.05) is 6.08 Å². The van der Waals surface area contributed by atoms with Crippen LogP contribution in [0.25, 0.3) is 0 Å². The van der Waals surface area contributed by atoms with Crippen LogP contribution in [0.5, 0.6) is 0 Å². The van der Waals surface area contributed by atoms with Crippen molar-refractivity contribution in [3.05, 3.63) is 11.8 Å². The third kappa shape index (κ3) is 1.37. The van der Waals surface area contributed by atoms with Crippen LogP contribution in [0.15, 0.2) is 11.8 Å². The van der Waals surface area contributed by atoms with E-state index in [1.165, 1.54) is 18.5 Å². The molecule has 2 N–H and O–H groups in total. The summed E-state index contributed by atoms with van der Waals surface area (Å²) >= 11 is 0. The van der Waals surface area contributed by atoms with Gasteiger partial charge in [-0.25, -0.2) is 0 Å². The van der Waals surface area contributed by atoms with E-state index in [-0.39, 0.29) is 6.04 Å². The molecule has 1 heterocycles. The molecule has 0 radical (unpaired) electrons. The van der Waals surface area contributed by atoms with E-state index in [1.807, 2.05) is 0 Å². The number of hydrogen-bond acceptors (Lipinski definition) is 3. The van der Waals surface area contributed by atoms with Crippen molar-refractivity contribution in [1.82, 2.24) is 10.6 Å². The van der Waals surface area contributed by atoms with Crippen molar-refractivity contribution >= 4 is 6.29 Å². The Balaban J connectivity index is 2.06. The lowest BCUT2D eigenvalue weighted by Gasteiger charge is -2.34. The molecule has 3 heteroatoms. The van der Waals surface area contributed by atoms with Crippen LogP contribution in [0, 0.1) is 0 Å². The van der Waals surface area contributed by atoms with Gasteiger partial charge in [0.05, 0.1) is 6.04 Å². The molecule has 1 saturated heterocycles. The zero-order valence-electron chi connectivity index (χ0n) is 7.05. The van der Waals surface area contributed by atoms with Crippen LogP contribution in [0.1, 0.15) is 19.3 Å². The highest BCUT2D eigenvalue weighted by Crippen LogP contribution is 2.18. The monoisotopic (exact) mass is 166 g/mol. The zero-order valence-corrected chi connectivity index (χ0v) is 7.05. The second kappa shape index (κ2) is 3.27. The molecule has 66 valence electrons. The van der Waals surface area contributed by atoms with E-state index in [0.29, 0.717) is 6.04 Å². The zero-order chi connectivity index (χ0) is 8.39. The predicted molar refractivity (Wildman–Crippen MR) is 46.7 cm³/mol. The maximum Gasteiger partial charge on any atom is 0.143 e. The number of aldehydes is 1. The minimum absolute atomic E-state index is 0.0226. The molecule has 1 fully saturated rings. The molecule has 1 aliphatic carbocycles. The average molecular weight is 166 g/mol. The smallest absolute Gasteiger partial charge is 0.143 e. The van der Waals surface area contributed by atoms with Crippen LogP contribution in [0.4, 0.5) is 0 Å². The minimum Gasteiger partial charge on any atom is -0.377 e. The van der Waals surface area contributed by atoms with Gasteiger partial charge in [0.25, 0.3) is 0 Å². The van der Waals surface area contributed by atoms with Gasteiger partial charge in [0.15, 0.2) is 0 Å². The van der Waals surface area contributed by atoms with Crippen molar-refractivity contribution in [3.63, 3.8) is 0 Å². The highest BCUT2D eigenvalue weighted by atomic mass is 16.1. The lowest BCUT2D eigenvalue weighted by molar-refractivity contribution is -0.109. The first kappa shape index (κ1) is 7.80. The van der Waals surface area contributed by atoms with Crippen molar-refractivity contribution in [3.8, 4) is 0 Å². The Morgan fingerprint density at radius 3 is 3.33 bits per heavy atom. The number of carbonyl (C=O) groups is 1. The number of hydrogen-bond donors (Lipinski definition) is 2. The first-order valence-electron chi connectivity index (χ1n) is 4.55. The Morgan fingerprint density at radius 1 is 1.58 bits per heavy atom. The fraction of sp³-hybridized carbons (Fsp3) is 0.667. The lowest BCUT2D eigenvalue weighted by Crippen LogP contribution is -2.53. The Kier molecular flexibility index (Phi) is 2.13. The second-order valence-corrected chi connectivity index (χ2v) is 3.44. The first-order valence-corrected chi connectivity index (χ1v) is 4.55. The van der Waals surface area contributed by atoms with Crippen LogP contribution < -0.4 is 10.6 Å². The van der Waals surface area contributed by atoms with E-state index in [4.69, 9.17) is 0 Å². The molecule has 2 unspecified atom stereocenters. The highest BCUT2D eigenvalue weighted by molar-refractivity contribution is 5.59. The van der Waals surface area contributed by atoms with E-state index >= 15 is 0 Å². The van der Waals surface area contributed by atoms with E-state index in [9.17, 15) is 4.79 Å². The molecule has 12 heavy (non-hydrogen) atoms. The summed E-state index contributed by atoms with van der Waals surface area (Å²) in [4.78, 5) is 10.5. The molecule has 1 aliphatic heterocycles. The SMILES string of the molecule is O=CC1CNC2CCCC=C2N1. The Labute approximate surface area is 72.2 Å². The van der Waals surface area contributed by atoms with Crippen LogP contribution >= 0.6 is 0 Å². The molecular formula is C9H14N2O. The van der Waals surface area contributed by atoms with Crippen LogP contribution in [-0.4, -0.2) is 24.9 Å². The van der Waals surface area contributed by atoms with Gasteiger partial charge in [-0.3, -0.25) is 0 Å². The van der Waals surface area contributed by atoms with Gasteiger partial charge in [-0.2, -0.15) is 0 Å². The van der Waals surface area contributed by atoms with Gasteiger partial charge in [-0.05, 0) is 19.3 Å². The summed E-state index contributed by atoms with van der Waals surface area (Å²) in [6, 6.07) is 0.459. The van der Waals surface area contributed by atoms with Crippen LogP contribution in [0.2, 0.25) is 0 Å². The van der Waals surface area contributed by atoms with E-state index in [0.717, 1.165) is 19.3 Å². The summed E-state index contributed by atoms with van der Waals surface area (Å²) < 4.78 is 0. The topological polar surface area (TPSA) is 41.1 Å². The molecule has 0 saturated carbocycles. The molecule has 0 aromatic carbocycles. The minimum atomic E-state index is -0.0226. The molecule has 2 aliphatic rings. The molecule has 0 spiro atoms. The van der Waals surface area contributed by atoms with Gasteiger partial charge in [0.1, 0.15) is 6.29 Å². The largest absolute Gasteiger partial charge is 0.377 e. The maximum atomic E-state index is 10.5. The second-order valence-electron chi connectivity index (χ2n) is 3.44. The van der Waals surface area contributed by atoms with Gasteiger partial charge < -0.3 is 15.4 Å². The molecule has 2 atom stereocenters. The number of fused-ring (bicyclic) bond motifs is 1. The van der Waals surface area contributed by atoms with E-state index in [2.05, 4.69) is 16.7 Å². The molecule has 0 aromatic heterocycles. The molecule has 0 bridgehead atoms. The highest BCUT2D eigenvalue weighted by Gasteiger charge is 2.24. The lowest BCUT2D eigenvalue weighted by atomic mass is 9.96. The summed E-state index contributed by atoms with van der Waals surface area (Å²) in [6.45, 7) is 0.769. The normalized spacial score (nSPS) is 34.5. The molecule has 2 rings (SSSR count). The molecule has 0 aromatic rings.